The summed E-state index contributed by atoms with van der Waals surface area (Å²) in [6.45, 7) is 2.45. The molecule has 4 saturated carbocycles. The van der Waals surface area contributed by atoms with Gasteiger partial charge in [-0.3, -0.25) is 9.59 Å². The van der Waals surface area contributed by atoms with Crippen LogP contribution in [-0.4, -0.2) is 54.5 Å². The Labute approximate surface area is 273 Å². The Kier molecular flexibility index (Phi) is 8.15. The van der Waals surface area contributed by atoms with Gasteiger partial charge in [0.2, 0.25) is 0 Å². The molecule has 3 aromatic rings. The van der Waals surface area contributed by atoms with Gasteiger partial charge in [0.25, 0.3) is 11.8 Å². The van der Waals surface area contributed by atoms with E-state index in [0.717, 1.165) is 42.1 Å². The van der Waals surface area contributed by atoms with Crippen molar-refractivity contribution < 1.29 is 27.9 Å². The summed E-state index contributed by atoms with van der Waals surface area (Å²) in [5.74, 6) is 7.46. The summed E-state index contributed by atoms with van der Waals surface area (Å²) in [7, 11) is 0. The molecule has 3 aromatic carbocycles. The van der Waals surface area contributed by atoms with E-state index in [9.17, 15) is 27.9 Å². The van der Waals surface area contributed by atoms with Gasteiger partial charge in [-0.1, -0.05) is 17.9 Å². The zero-order valence-electron chi connectivity index (χ0n) is 26.2. The number of piperazine rings is 1. The maximum absolute atomic E-state index is 13.7. The van der Waals surface area contributed by atoms with Crippen LogP contribution in [0.5, 0.6) is 5.75 Å². The third-order valence-corrected chi connectivity index (χ3v) is 10.6. The summed E-state index contributed by atoms with van der Waals surface area (Å²) in [6, 6.07) is 16.8. The summed E-state index contributed by atoms with van der Waals surface area (Å²) >= 11 is 0. The van der Waals surface area contributed by atoms with E-state index in [1.807, 2.05) is 24.3 Å². The van der Waals surface area contributed by atoms with Crippen molar-refractivity contribution in [3.8, 4) is 17.6 Å². The van der Waals surface area contributed by atoms with Crippen LogP contribution in [0, 0.1) is 35.0 Å². The molecule has 6 nitrogen and oxygen atoms in total. The quantitative estimate of drug-likeness (QED) is 0.304. The average molecular weight is 642 g/mol. The minimum absolute atomic E-state index is 0.000263. The molecule has 1 aliphatic heterocycles. The van der Waals surface area contributed by atoms with E-state index in [1.54, 1.807) is 17.0 Å². The standard InChI is InChI=1S/C38H38F3N3O3/c39-38(40,41)32-18-26(5-4-25-2-1-3-34(45)19-25)17-31(20-32)36(47)44-12-10-43(11-13-44)33-8-6-30(7-9-33)35(46)42-24-37-21-27-14-28(22-37)16-29(15-27)23-37/h1-3,6-9,17-20,27-29,45H,10-16,21-24H2,(H,42,46). The van der Waals surface area contributed by atoms with E-state index in [1.165, 1.54) is 56.7 Å². The molecular weight excluding hydrogens is 603 g/mol. The van der Waals surface area contributed by atoms with Gasteiger partial charge < -0.3 is 20.2 Å². The van der Waals surface area contributed by atoms with Crippen molar-refractivity contribution in [2.45, 2.75) is 44.7 Å². The van der Waals surface area contributed by atoms with Crippen LogP contribution in [0.4, 0.5) is 18.9 Å². The molecule has 47 heavy (non-hydrogen) atoms. The van der Waals surface area contributed by atoms with E-state index in [0.29, 0.717) is 37.3 Å². The summed E-state index contributed by atoms with van der Waals surface area (Å²) in [5.41, 5.74) is 1.32. The van der Waals surface area contributed by atoms with Crippen LogP contribution in [0.1, 0.15) is 75.9 Å². The number of amides is 2. The Morgan fingerprint density at radius 2 is 1.45 bits per heavy atom. The number of nitrogens with zero attached hydrogens (tertiary/aromatic N) is 2. The molecule has 0 aromatic heterocycles. The highest BCUT2D eigenvalue weighted by atomic mass is 19.4. The highest BCUT2D eigenvalue weighted by Crippen LogP contribution is 2.59. The first kappa shape index (κ1) is 31.2. The third kappa shape index (κ3) is 6.83. The van der Waals surface area contributed by atoms with Crippen molar-refractivity contribution in [1.82, 2.24) is 10.2 Å². The number of phenols is 1. The van der Waals surface area contributed by atoms with Crippen molar-refractivity contribution >= 4 is 17.5 Å². The number of aromatic hydroxyl groups is 1. The van der Waals surface area contributed by atoms with Gasteiger partial charge in [-0.2, -0.15) is 13.2 Å². The topological polar surface area (TPSA) is 72.9 Å². The molecule has 0 atom stereocenters. The van der Waals surface area contributed by atoms with E-state index >= 15 is 0 Å². The largest absolute Gasteiger partial charge is 0.508 e. The lowest BCUT2D eigenvalue weighted by atomic mass is 9.49. The Balaban J connectivity index is 0.967. The van der Waals surface area contributed by atoms with Crippen LogP contribution >= 0.6 is 0 Å². The van der Waals surface area contributed by atoms with Crippen molar-refractivity contribution in [3.05, 3.63) is 94.5 Å². The fraction of sp³-hybridized carbons (Fsp3) is 0.421. The number of nitrogens with one attached hydrogen (secondary N) is 1. The van der Waals surface area contributed by atoms with Gasteiger partial charge in [-0.15, -0.1) is 0 Å². The van der Waals surface area contributed by atoms with Gasteiger partial charge in [0.05, 0.1) is 5.56 Å². The number of benzene rings is 3. The van der Waals surface area contributed by atoms with Gasteiger partial charge >= 0.3 is 6.18 Å². The number of halogens is 3. The zero-order chi connectivity index (χ0) is 32.8. The van der Waals surface area contributed by atoms with Crippen molar-refractivity contribution in [2.75, 3.05) is 37.6 Å². The van der Waals surface area contributed by atoms with Crippen LogP contribution < -0.4 is 10.2 Å². The van der Waals surface area contributed by atoms with Crippen LogP contribution in [-0.2, 0) is 6.18 Å². The highest BCUT2D eigenvalue weighted by molar-refractivity contribution is 5.95. The SMILES string of the molecule is O=C(NCC12CC3CC(CC(C3)C1)C2)c1ccc(N2CCN(C(=O)c3cc(C#Cc4cccc(O)c4)cc(C(F)(F)F)c3)CC2)cc1. The smallest absolute Gasteiger partial charge is 0.416 e. The predicted octanol–water partition coefficient (Wildman–Crippen LogP) is 6.72. The molecule has 9 heteroatoms. The molecule has 1 heterocycles. The first-order valence-corrected chi connectivity index (χ1v) is 16.5. The van der Waals surface area contributed by atoms with Gasteiger partial charge in [0, 0.05) is 60.7 Å². The summed E-state index contributed by atoms with van der Waals surface area (Å²) < 4.78 is 41.2. The number of hydrogen-bond donors (Lipinski definition) is 2. The Morgan fingerprint density at radius 3 is 2.06 bits per heavy atom. The fourth-order valence-electron chi connectivity index (χ4n) is 8.77. The normalized spacial score (nSPS) is 24.9. The van der Waals surface area contributed by atoms with Crippen LogP contribution in [0.15, 0.2) is 66.7 Å². The number of phenolic OH excluding ortho intramolecular Hbond substituents is 1. The molecule has 0 spiro atoms. The van der Waals surface area contributed by atoms with Crippen molar-refractivity contribution in [1.29, 1.82) is 0 Å². The molecule has 244 valence electrons. The second kappa shape index (κ2) is 12.3. The van der Waals surface area contributed by atoms with Crippen LogP contribution in [0.25, 0.3) is 0 Å². The third-order valence-electron chi connectivity index (χ3n) is 10.6. The molecule has 4 aliphatic carbocycles. The Bertz CT molecular complexity index is 1700. The molecule has 8 rings (SSSR count). The number of carbonyl (C=O) groups excluding carboxylic acids is 2. The Hall–Kier alpha value is -4.45. The molecule has 5 aliphatic rings. The van der Waals surface area contributed by atoms with E-state index in [-0.39, 0.29) is 28.2 Å². The molecule has 2 amide bonds. The first-order chi connectivity index (χ1) is 22.5. The first-order valence-electron chi connectivity index (χ1n) is 16.5. The van der Waals surface area contributed by atoms with Crippen LogP contribution in [0.2, 0.25) is 0 Å². The summed E-state index contributed by atoms with van der Waals surface area (Å²) in [6.07, 6.45) is 3.22. The molecule has 4 bridgehead atoms. The number of hydrogen-bond acceptors (Lipinski definition) is 4. The number of anilines is 1. The minimum atomic E-state index is -4.64. The number of carbonyl (C=O) groups is 2. The lowest BCUT2D eigenvalue weighted by Crippen LogP contribution is -2.51. The monoisotopic (exact) mass is 641 g/mol. The highest BCUT2D eigenvalue weighted by Gasteiger charge is 2.50. The van der Waals surface area contributed by atoms with Crippen molar-refractivity contribution in [2.24, 2.45) is 23.2 Å². The van der Waals surface area contributed by atoms with Gasteiger partial charge in [0.1, 0.15) is 5.75 Å². The maximum Gasteiger partial charge on any atom is 0.416 e. The van der Waals surface area contributed by atoms with E-state index in [2.05, 4.69) is 22.1 Å². The lowest BCUT2D eigenvalue weighted by molar-refractivity contribution is -0.137. The van der Waals surface area contributed by atoms with E-state index < -0.39 is 17.6 Å². The second-order valence-corrected chi connectivity index (χ2v) is 14.0. The van der Waals surface area contributed by atoms with Crippen molar-refractivity contribution in [3.63, 3.8) is 0 Å². The number of rotatable bonds is 5. The minimum Gasteiger partial charge on any atom is -0.508 e. The molecule has 2 N–H and O–H groups in total. The second-order valence-electron chi connectivity index (χ2n) is 14.0. The predicted molar refractivity (Wildman–Crippen MR) is 173 cm³/mol. The number of alkyl halides is 3. The van der Waals surface area contributed by atoms with E-state index in [4.69, 9.17) is 0 Å². The molecule has 0 radical (unpaired) electrons. The van der Waals surface area contributed by atoms with Gasteiger partial charge in [-0.25, -0.2) is 0 Å². The molecule has 0 unspecified atom stereocenters. The summed E-state index contributed by atoms with van der Waals surface area (Å²) in [5, 5.41) is 12.9. The molecular formula is C38H38F3N3O3. The summed E-state index contributed by atoms with van der Waals surface area (Å²) in [4.78, 5) is 30.1. The maximum atomic E-state index is 13.7. The lowest BCUT2D eigenvalue weighted by Gasteiger charge is -2.56. The van der Waals surface area contributed by atoms with Crippen LogP contribution in [0.3, 0.4) is 0 Å². The Morgan fingerprint density at radius 1 is 0.809 bits per heavy atom. The van der Waals surface area contributed by atoms with Gasteiger partial charge in [0.15, 0.2) is 0 Å². The molecule has 1 saturated heterocycles. The average Bonchev–Trinajstić information content (AvgIpc) is 3.05. The fourth-order valence-corrected chi connectivity index (χ4v) is 8.77. The van der Waals surface area contributed by atoms with Gasteiger partial charge in [-0.05, 0) is 122 Å². The molecule has 5 fully saturated rings. The zero-order valence-corrected chi connectivity index (χ0v) is 26.2.